The summed E-state index contributed by atoms with van der Waals surface area (Å²) in [6, 6.07) is 7.58. The van der Waals surface area contributed by atoms with Crippen molar-refractivity contribution in [2.24, 2.45) is 0 Å². The van der Waals surface area contributed by atoms with Crippen molar-refractivity contribution in [1.82, 2.24) is 15.5 Å². The lowest BCUT2D eigenvalue weighted by molar-refractivity contribution is -0.0622. The Morgan fingerprint density at radius 1 is 1.14 bits per heavy atom. The fraction of sp³-hybridized carbons (Fsp3) is 0.467. The molecule has 0 radical (unpaired) electrons. The molecule has 0 unspecified atom stereocenters. The molecule has 1 saturated heterocycles. The van der Waals surface area contributed by atoms with E-state index >= 15 is 0 Å². The molecule has 1 aliphatic rings. The van der Waals surface area contributed by atoms with Gasteiger partial charge in [-0.25, -0.2) is 0 Å². The molecule has 6 nitrogen and oxygen atoms in total. The molecule has 0 saturated carbocycles. The van der Waals surface area contributed by atoms with Crippen LogP contribution in [0, 0.1) is 0 Å². The van der Waals surface area contributed by atoms with Crippen LogP contribution in [0.5, 0.6) is 5.75 Å². The Balaban J connectivity index is 0.00000176. The van der Waals surface area contributed by atoms with Gasteiger partial charge < -0.3 is 19.3 Å². The van der Waals surface area contributed by atoms with Crippen molar-refractivity contribution in [3.63, 3.8) is 0 Å². The van der Waals surface area contributed by atoms with Crippen LogP contribution in [-0.2, 0) is 10.3 Å². The minimum atomic E-state index is -0.469. The molecule has 0 spiro atoms. The summed E-state index contributed by atoms with van der Waals surface area (Å²) in [6.45, 7) is 1.77. The first-order valence-electron chi connectivity index (χ1n) is 7.02. The Morgan fingerprint density at radius 2 is 1.82 bits per heavy atom. The quantitative estimate of drug-likeness (QED) is 0.931. The van der Waals surface area contributed by atoms with Gasteiger partial charge in [0.2, 0.25) is 5.82 Å². The molecule has 7 heteroatoms. The summed E-state index contributed by atoms with van der Waals surface area (Å²) in [5, 5.41) is 7.39. The Hall–Kier alpha value is -1.63. The van der Waals surface area contributed by atoms with Crippen molar-refractivity contribution in [3.05, 3.63) is 30.2 Å². The highest BCUT2D eigenvalue weighted by molar-refractivity contribution is 5.85. The highest BCUT2D eigenvalue weighted by atomic mass is 35.5. The topological polar surface area (TPSA) is 69.4 Å². The summed E-state index contributed by atoms with van der Waals surface area (Å²) in [4.78, 5) is 4.53. The number of rotatable bonds is 4. The minimum Gasteiger partial charge on any atom is -0.497 e. The standard InChI is InChI=1S/C15H19N3O3.ClH/c1-19-12-5-3-11(4-6-12)13-17-14(21-18-13)15(20-2)7-9-16-10-8-15;/h3-6,16H,7-10H2,1-2H3;1H. The molecule has 0 atom stereocenters. The lowest BCUT2D eigenvalue weighted by atomic mass is 9.92. The number of nitrogens with zero attached hydrogens (tertiary/aromatic N) is 2. The van der Waals surface area contributed by atoms with Gasteiger partial charge in [-0.15, -0.1) is 12.4 Å². The van der Waals surface area contributed by atoms with Crippen LogP contribution in [0.25, 0.3) is 11.4 Å². The lowest BCUT2D eigenvalue weighted by Crippen LogP contribution is -2.41. The van der Waals surface area contributed by atoms with Gasteiger partial charge in [0.15, 0.2) is 0 Å². The number of nitrogens with one attached hydrogen (secondary N) is 1. The van der Waals surface area contributed by atoms with Crippen molar-refractivity contribution in [2.45, 2.75) is 18.4 Å². The predicted molar refractivity (Wildman–Crippen MR) is 84.3 cm³/mol. The zero-order chi connectivity index (χ0) is 14.7. The average molecular weight is 326 g/mol. The van der Waals surface area contributed by atoms with E-state index in [1.165, 1.54) is 0 Å². The van der Waals surface area contributed by atoms with Crippen molar-refractivity contribution < 1.29 is 14.0 Å². The molecule has 2 heterocycles. The molecule has 2 aromatic rings. The molecular weight excluding hydrogens is 306 g/mol. The van der Waals surface area contributed by atoms with E-state index in [9.17, 15) is 0 Å². The SMILES string of the molecule is COc1ccc(-c2noc(C3(OC)CCNCC3)n2)cc1.Cl. The summed E-state index contributed by atoms with van der Waals surface area (Å²) in [5.41, 5.74) is 0.425. The maximum absolute atomic E-state index is 5.69. The Bertz CT molecular complexity index is 594. The van der Waals surface area contributed by atoms with E-state index in [4.69, 9.17) is 14.0 Å². The third-order valence-corrected chi connectivity index (χ3v) is 3.97. The average Bonchev–Trinajstić information content (AvgIpc) is 3.06. The molecule has 120 valence electrons. The largest absolute Gasteiger partial charge is 0.497 e. The van der Waals surface area contributed by atoms with Crippen LogP contribution >= 0.6 is 12.4 Å². The normalized spacial score (nSPS) is 16.8. The molecule has 0 amide bonds. The van der Waals surface area contributed by atoms with Crippen LogP contribution in [-0.4, -0.2) is 37.4 Å². The summed E-state index contributed by atoms with van der Waals surface area (Å²) in [7, 11) is 3.34. The van der Waals surface area contributed by atoms with Crippen LogP contribution in [0.15, 0.2) is 28.8 Å². The second-order valence-corrected chi connectivity index (χ2v) is 5.10. The zero-order valence-corrected chi connectivity index (χ0v) is 13.5. The van der Waals surface area contributed by atoms with E-state index in [0.29, 0.717) is 11.7 Å². The molecule has 22 heavy (non-hydrogen) atoms. The van der Waals surface area contributed by atoms with Gasteiger partial charge in [-0.1, -0.05) is 5.16 Å². The second kappa shape index (κ2) is 7.09. The third-order valence-electron chi connectivity index (χ3n) is 3.97. The van der Waals surface area contributed by atoms with E-state index in [2.05, 4.69) is 15.5 Å². The van der Waals surface area contributed by atoms with Crippen molar-refractivity contribution in [1.29, 1.82) is 0 Å². The molecule has 1 N–H and O–H groups in total. The van der Waals surface area contributed by atoms with Gasteiger partial charge in [0.1, 0.15) is 11.4 Å². The third kappa shape index (κ3) is 3.09. The molecule has 1 aromatic carbocycles. The van der Waals surface area contributed by atoms with Crippen molar-refractivity contribution in [2.75, 3.05) is 27.3 Å². The summed E-state index contributed by atoms with van der Waals surface area (Å²) < 4.78 is 16.3. The number of hydrogen-bond donors (Lipinski definition) is 1. The highest BCUT2D eigenvalue weighted by Gasteiger charge is 2.39. The number of piperidine rings is 1. The summed E-state index contributed by atoms with van der Waals surface area (Å²) in [5.74, 6) is 1.93. The summed E-state index contributed by atoms with van der Waals surface area (Å²) >= 11 is 0. The fourth-order valence-electron chi connectivity index (χ4n) is 2.60. The minimum absolute atomic E-state index is 0. The Kier molecular flexibility index (Phi) is 5.39. The number of methoxy groups -OCH3 is 2. The first-order valence-corrected chi connectivity index (χ1v) is 7.02. The number of ether oxygens (including phenoxy) is 2. The maximum Gasteiger partial charge on any atom is 0.259 e. The molecular formula is C15H20ClN3O3. The van der Waals surface area contributed by atoms with E-state index < -0.39 is 5.60 Å². The van der Waals surface area contributed by atoms with E-state index in [1.807, 2.05) is 24.3 Å². The van der Waals surface area contributed by atoms with Gasteiger partial charge in [-0.2, -0.15) is 4.98 Å². The second-order valence-electron chi connectivity index (χ2n) is 5.10. The highest BCUT2D eigenvalue weighted by Crippen LogP contribution is 2.34. The van der Waals surface area contributed by atoms with Gasteiger partial charge in [0, 0.05) is 12.7 Å². The van der Waals surface area contributed by atoms with E-state index in [-0.39, 0.29) is 12.4 Å². The van der Waals surface area contributed by atoms with E-state index in [1.54, 1.807) is 14.2 Å². The van der Waals surface area contributed by atoms with Crippen LogP contribution in [0.4, 0.5) is 0 Å². The van der Waals surface area contributed by atoms with Gasteiger partial charge in [0.25, 0.3) is 5.89 Å². The number of aromatic nitrogens is 2. The molecule has 0 bridgehead atoms. The molecule has 1 aromatic heterocycles. The van der Waals surface area contributed by atoms with Gasteiger partial charge >= 0.3 is 0 Å². The fourth-order valence-corrected chi connectivity index (χ4v) is 2.60. The van der Waals surface area contributed by atoms with Gasteiger partial charge in [-0.05, 0) is 50.2 Å². The smallest absolute Gasteiger partial charge is 0.259 e. The van der Waals surface area contributed by atoms with Crippen LogP contribution in [0.3, 0.4) is 0 Å². The number of benzene rings is 1. The molecule has 1 aliphatic heterocycles. The first-order chi connectivity index (χ1) is 10.3. The number of hydrogen-bond acceptors (Lipinski definition) is 6. The Morgan fingerprint density at radius 3 is 2.41 bits per heavy atom. The molecule has 1 fully saturated rings. The zero-order valence-electron chi connectivity index (χ0n) is 12.7. The first kappa shape index (κ1) is 16.7. The Labute approximate surface area is 135 Å². The maximum atomic E-state index is 5.69. The van der Waals surface area contributed by atoms with Gasteiger partial charge in [-0.3, -0.25) is 0 Å². The summed E-state index contributed by atoms with van der Waals surface area (Å²) in [6.07, 6.45) is 1.65. The number of halogens is 1. The monoisotopic (exact) mass is 325 g/mol. The predicted octanol–water partition coefficient (Wildman–Crippen LogP) is 2.39. The van der Waals surface area contributed by atoms with Crippen molar-refractivity contribution in [3.8, 4) is 17.1 Å². The van der Waals surface area contributed by atoms with Crippen LogP contribution in [0.2, 0.25) is 0 Å². The molecule has 0 aliphatic carbocycles. The van der Waals surface area contributed by atoms with Crippen LogP contribution < -0.4 is 10.1 Å². The van der Waals surface area contributed by atoms with Gasteiger partial charge in [0.05, 0.1) is 7.11 Å². The lowest BCUT2D eigenvalue weighted by Gasteiger charge is -2.32. The molecule has 3 rings (SSSR count). The van der Waals surface area contributed by atoms with Crippen LogP contribution in [0.1, 0.15) is 18.7 Å². The van der Waals surface area contributed by atoms with Crippen molar-refractivity contribution >= 4 is 12.4 Å². The van der Waals surface area contributed by atoms with E-state index in [0.717, 1.165) is 37.2 Å².